The molecule has 18 nitrogen and oxygen atoms in total. The first-order valence-corrected chi connectivity index (χ1v) is 30.7. The summed E-state index contributed by atoms with van der Waals surface area (Å²) in [5, 5.41) is 18.7. The van der Waals surface area contributed by atoms with Gasteiger partial charge in [-0.3, -0.25) is 38.4 Å². The predicted molar refractivity (Wildman–Crippen MR) is 321 cm³/mol. The van der Waals surface area contributed by atoms with E-state index >= 15 is 0 Å². The number of aliphatic hydroxyl groups is 1. The number of rotatable bonds is 19. The van der Waals surface area contributed by atoms with Crippen LogP contribution in [-0.4, -0.2) is 94.5 Å². The minimum atomic E-state index is -0.643. The first-order valence-electron chi connectivity index (χ1n) is 30.7. The summed E-state index contributed by atoms with van der Waals surface area (Å²) < 4.78 is 34.3. The molecular weight excluding hydrogens is 1100 g/mol. The Labute approximate surface area is 506 Å². The third kappa shape index (κ3) is 19.2. The van der Waals surface area contributed by atoms with Crippen molar-refractivity contribution in [1.82, 2.24) is 0 Å². The third-order valence-corrected chi connectivity index (χ3v) is 18.0. The number of cyclic esters (lactones) is 2. The summed E-state index contributed by atoms with van der Waals surface area (Å²) >= 11 is 0. The Balaban J connectivity index is 0.000000251. The summed E-state index contributed by atoms with van der Waals surface area (Å²) in [4.78, 5) is 96.6. The fourth-order valence-electron chi connectivity index (χ4n) is 12.2. The smallest absolute Gasteiger partial charge is 0.311 e. The van der Waals surface area contributed by atoms with Crippen LogP contribution >= 0.6 is 0 Å². The first-order chi connectivity index (χ1) is 40.5. The Morgan fingerprint density at radius 3 is 1.45 bits per heavy atom. The molecular formula is C68H92N2O16. The summed E-state index contributed by atoms with van der Waals surface area (Å²) in [7, 11) is 0. The fraction of sp³-hybridized carbons (Fsp3) is 0.588. The number of allylic oxidation sites excluding steroid dienone is 6. The van der Waals surface area contributed by atoms with Crippen LogP contribution in [0.4, 0.5) is 0 Å². The number of hydrogen-bond acceptors (Lipinski definition) is 16. The van der Waals surface area contributed by atoms with Crippen molar-refractivity contribution in [1.29, 1.82) is 0 Å². The Bertz CT molecular complexity index is 2850. The van der Waals surface area contributed by atoms with Crippen LogP contribution in [0.25, 0.3) is 0 Å². The van der Waals surface area contributed by atoms with E-state index in [1.54, 1.807) is 0 Å². The molecule has 0 saturated carbocycles. The van der Waals surface area contributed by atoms with E-state index in [2.05, 4.69) is 64.2 Å². The molecule has 2 heterocycles. The van der Waals surface area contributed by atoms with E-state index in [4.69, 9.17) is 45.0 Å². The van der Waals surface area contributed by atoms with E-state index in [9.17, 15) is 43.5 Å². The maximum atomic E-state index is 13.1. The summed E-state index contributed by atoms with van der Waals surface area (Å²) in [6, 6.07) is 11.5. The van der Waals surface area contributed by atoms with Crippen LogP contribution in [0.3, 0.4) is 0 Å². The second-order valence-electron chi connectivity index (χ2n) is 25.7. The maximum Gasteiger partial charge on any atom is 0.311 e. The number of aromatic hydroxyl groups is 1. The molecule has 2 aliphatic heterocycles. The van der Waals surface area contributed by atoms with Gasteiger partial charge in [-0.05, 0) is 174 Å². The van der Waals surface area contributed by atoms with Crippen molar-refractivity contribution < 1.29 is 77.0 Å². The number of esters is 6. The first kappa shape index (κ1) is 68.0. The molecule has 6 N–H and O–H groups in total. The van der Waals surface area contributed by atoms with Crippen molar-refractivity contribution in [2.75, 3.05) is 0 Å². The minimum absolute atomic E-state index is 0.0416. The predicted octanol–water partition coefficient (Wildman–Crippen LogP) is 10.7. The largest absolute Gasteiger partial charge is 0.508 e. The van der Waals surface area contributed by atoms with Gasteiger partial charge in [0, 0.05) is 35.8 Å². The molecule has 14 atom stereocenters. The highest BCUT2D eigenvalue weighted by atomic mass is 16.6. The molecule has 4 aliphatic carbocycles. The number of benzene rings is 2. The molecule has 0 bridgehead atoms. The van der Waals surface area contributed by atoms with Crippen LogP contribution < -0.4 is 16.2 Å². The van der Waals surface area contributed by atoms with Gasteiger partial charge in [-0.2, -0.15) is 0 Å². The van der Waals surface area contributed by atoms with E-state index in [1.807, 2.05) is 41.5 Å². The number of ether oxygens (including phenoxy) is 6. The number of nitrogens with two attached hydrogens (primary N) is 2. The van der Waals surface area contributed by atoms with Crippen LogP contribution in [-0.2, 0) is 52.5 Å². The van der Waals surface area contributed by atoms with Gasteiger partial charge >= 0.3 is 35.8 Å². The van der Waals surface area contributed by atoms with Gasteiger partial charge in [-0.15, -0.1) is 0 Å². The number of aliphatic hydroxyl groups excluding tert-OH is 1. The van der Waals surface area contributed by atoms with Gasteiger partial charge < -0.3 is 50.1 Å². The average Bonchev–Trinajstić information content (AvgIpc) is 0.874. The lowest BCUT2D eigenvalue weighted by Crippen LogP contribution is -2.43. The van der Waals surface area contributed by atoms with Gasteiger partial charge in [0.1, 0.15) is 42.0 Å². The topological polar surface area (TPSA) is 284 Å². The van der Waals surface area contributed by atoms with E-state index < -0.39 is 58.9 Å². The molecule has 0 unspecified atom stereocenters. The van der Waals surface area contributed by atoms with E-state index in [0.717, 1.165) is 38.5 Å². The van der Waals surface area contributed by atoms with Gasteiger partial charge in [-0.25, -0.2) is 0 Å². The minimum Gasteiger partial charge on any atom is -0.508 e. The Kier molecular flexibility index (Phi) is 24.1. The van der Waals surface area contributed by atoms with Crippen molar-refractivity contribution in [2.45, 2.75) is 196 Å². The van der Waals surface area contributed by atoms with Gasteiger partial charge in [0.2, 0.25) is 11.8 Å². The number of carbonyl (C=O) groups is 8. The summed E-state index contributed by atoms with van der Waals surface area (Å²) in [5.74, 6) is -1.01. The monoisotopic (exact) mass is 1190 g/mol. The van der Waals surface area contributed by atoms with Crippen molar-refractivity contribution in [3.05, 3.63) is 107 Å². The molecule has 0 radical (unpaired) electrons. The normalized spacial score (nSPS) is 28.5. The number of amides is 2. The second-order valence-corrected chi connectivity index (χ2v) is 25.7. The molecule has 2 fully saturated rings. The van der Waals surface area contributed by atoms with Crippen LogP contribution in [0.5, 0.6) is 11.5 Å². The molecule has 2 aromatic carbocycles. The zero-order valence-corrected chi connectivity index (χ0v) is 51.8. The second kappa shape index (κ2) is 30.5. The highest BCUT2D eigenvalue weighted by molar-refractivity contribution is 5.93. The van der Waals surface area contributed by atoms with Crippen LogP contribution in [0.1, 0.15) is 180 Å². The van der Waals surface area contributed by atoms with E-state index in [0.29, 0.717) is 54.9 Å². The van der Waals surface area contributed by atoms with Gasteiger partial charge in [0.15, 0.2) is 0 Å². The number of hydrogen-bond donors (Lipinski definition) is 4. The number of carbonyl (C=O) groups excluding carboxylic acids is 8. The third-order valence-electron chi connectivity index (χ3n) is 18.0. The standard InChI is InChI=1S/C36H47NO9.C25H38O5.C7H7NO2/c1-6-36(4,5)35(42)46-29-18-21(2)17-24-8-7-22(3)28(33(24)29)14-13-26-19-27(20-32(40)44-26)45-31(39)16-15-30(38)43-25-11-9-23(10-12-25)34(37)41;1-6-25(4,5)24(28)30-21-12-15(2)11-17-8-7-16(3)20(23(17)21)10-9-19-13-18(26)14-22(27)29-19;8-7(10)5-1-3-6(9)4-2-5/h7-12,17,21-22,26-29,33H,6,13-16,18-20H2,1-5H3,(H2,37,41);7-8,11,15-16,18-21,23,26H,6,9-10,12-14H2,1-5H3;1-4,9H,(H2,8,10)/t21-,22-,26-,27-,28-,29-,33-;15-,16-,18-,19-,20-,21-,23-;/m00./s1. The maximum absolute atomic E-state index is 13.1. The van der Waals surface area contributed by atoms with Crippen molar-refractivity contribution in [3.63, 3.8) is 0 Å². The zero-order chi connectivity index (χ0) is 63.2. The Morgan fingerprint density at radius 1 is 0.581 bits per heavy atom. The summed E-state index contributed by atoms with van der Waals surface area (Å²) in [5.41, 5.74) is 12.3. The number of primary amides is 2. The molecule has 6 aliphatic rings. The van der Waals surface area contributed by atoms with E-state index in [-0.39, 0.29) is 103 Å². The number of phenols is 1. The molecule has 2 saturated heterocycles. The van der Waals surface area contributed by atoms with Crippen molar-refractivity contribution in [3.8, 4) is 11.5 Å². The molecule has 86 heavy (non-hydrogen) atoms. The number of fused-ring (bicyclic) bond motifs is 2. The molecule has 8 rings (SSSR count). The SMILES string of the molecule is CCC(C)(C)C(=O)O[C@H]1C[C@@H](C)C=C2C=C[C@H](C)[C@H](CC[C@H]3C[C@H](O)CC(=O)O3)[C@H]21.CCC(C)(C)C(=O)O[C@H]1C[C@@H](C)C=C2C=C[C@H](C)[C@H](CC[C@H]3C[C@H](OC(=O)CCC(=O)Oc4ccc(C(N)=O)cc4)CC(=O)O3)[C@H]21.NC(=O)c1ccc(O)cc1. The van der Waals surface area contributed by atoms with Crippen molar-refractivity contribution in [2.24, 2.45) is 69.6 Å². The van der Waals surface area contributed by atoms with Crippen molar-refractivity contribution >= 4 is 47.6 Å². The lowest BCUT2D eigenvalue weighted by molar-refractivity contribution is -0.171. The highest BCUT2D eigenvalue weighted by Gasteiger charge is 2.45. The average molecular weight is 1190 g/mol. The fourth-order valence-corrected chi connectivity index (χ4v) is 12.2. The highest BCUT2D eigenvalue weighted by Crippen LogP contribution is 2.48. The molecule has 18 heteroatoms. The van der Waals surface area contributed by atoms with Gasteiger partial charge in [0.05, 0.1) is 42.6 Å². The molecule has 0 aromatic heterocycles. The lowest BCUT2D eigenvalue weighted by atomic mass is 9.65. The quantitative estimate of drug-likeness (QED) is 0.0578. The van der Waals surface area contributed by atoms with Crippen LogP contribution in [0.2, 0.25) is 0 Å². The molecule has 2 aromatic rings. The lowest BCUT2D eigenvalue weighted by Gasteiger charge is -2.44. The number of phenolic OH excluding ortho intramolecular Hbond substituents is 1. The van der Waals surface area contributed by atoms with Crippen LogP contribution in [0, 0.1) is 58.2 Å². The van der Waals surface area contributed by atoms with E-state index in [1.165, 1.54) is 59.7 Å². The summed E-state index contributed by atoms with van der Waals surface area (Å²) in [6.45, 7) is 20.4. The van der Waals surface area contributed by atoms with Gasteiger partial charge in [-0.1, -0.05) is 78.0 Å². The van der Waals surface area contributed by atoms with Gasteiger partial charge in [0.25, 0.3) is 0 Å². The Hall–Kier alpha value is -7.08. The molecule has 0 spiro atoms. The molecule has 470 valence electrons. The zero-order valence-electron chi connectivity index (χ0n) is 51.8. The molecule has 2 amide bonds. The Morgan fingerprint density at radius 2 is 1.01 bits per heavy atom. The summed E-state index contributed by atoms with van der Waals surface area (Å²) in [6.07, 6.45) is 17.7. The van der Waals surface area contributed by atoms with Crippen LogP contribution in [0.15, 0.2) is 96.1 Å².